The molecule has 5 nitrogen and oxygen atoms in total. The van der Waals surface area contributed by atoms with Gasteiger partial charge in [0.25, 0.3) is 5.91 Å². The van der Waals surface area contributed by atoms with E-state index in [1.165, 1.54) is 0 Å². The minimum Gasteiger partial charge on any atom is -0.490 e. The van der Waals surface area contributed by atoms with Crippen LogP contribution in [-0.2, 0) is 11.2 Å². The third kappa shape index (κ3) is 5.77. The molecule has 0 radical (unpaired) electrons. The van der Waals surface area contributed by atoms with Gasteiger partial charge in [-0.25, -0.2) is 0 Å². The van der Waals surface area contributed by atoms with Crippen molar-refractivity contribution in [3.05, 3.63) is 53.6 Å². The lowest BCUT2D eigenvalue weighted by molar-refractivity contribution is -0.118. The highest BCUT2D eigenvalue weighted by molar-refractivity contribution is 5.92. The van der Waals surface area contributed by atoms with E-state index < -0.39 is 0 Å². The van der Waals surface area contributed by atoms with Crippen LogP contribution in [0.4, 0.5) is 5.69 Å². The number of para-hydroxylation sites is 1. The van der Waals surface area contributed by atoms with Crippen molar-refractivity contribution in [3.63, 3.8) is 0 Å². The quantitative estimate of drug-likeness (QED) is 0.719. The van der Waals surface area contributed by atoms with E-state index in [4.69, 9.17) is 15.2 Å². The summed E-state index contributed by atoms with van der Waals surface area (Å²) in [6, 6.07) is 13.5. The first-order chi connectivity index (χ1) is 12.5. The molecule has 1 unspecified atom stereocenters. The Morgan fingerprint density at radius 1 is 1.12 bits per heavy atom. The lowest BCUT2D eigenvalue weighted by atomic mass is 10.0. The van der Waals surface area contributed by atoms with Crippen molar-refractivity contribution in [1.29, 1.82) is 0 Å². The van der Waals surface area contributed by atoms with Gasteiger partial charge in [-0.15, -0.1) is 0 Å². The lowest BCUT2D eigenvalue weighted by Gasteiger charge is -2.15. The van der Waals surface area contributed by atoms with Crippen LogP contribution >= 0.6 is 0 Å². The summed E-state index contributed by atoms with van der Waals surface area (Å²) in [6.45, 7) is 6.37. The van der Waals surface area contributed by atoms with Gasteiger partial charge >= 0.3 is 0 Å². The highest BCUT2D eigenvalue weighted by atomic mass is 16.5. The van der Waals surface area contributed by atoms with E-state index in [2.05, 4.69) is 12.2 Å². The zero-order valence-electron chi connectivity index (χ0n) is 15.7. The Morgan fingerprint density at radius 2 is 1.88 bits per heavy atom. The Kier molecular flexibility index (Phi) is 7.48. The molecule has 0 aromatic heterocycles. The number of hydrogen-bond acceptors (Lipinski definition) is 4. The van der Waals surface area contributed by atoms with Crippen molar-refractivity contribution in [1.82, 2.24) is 0 Å². The minimum absolute atomic E-state index is 0.0811. The molecule has 0 heterocycles. The van der Waals surface area contributed by atoms with Crippen LogP contribution < -0.4 is 20.5 Å². The Balaban J connectivity index is 2.01. The van der Waals surface area contributed by atoms with Gasteiger partial charge in [-0.3, -0.25) is 4.79 Å². The summed E-state index contributed by atoms with van der Waals surface area (Å²) in [5, 5.41) is 2.86. The number of rotatable bonds is 9. The van der Waals surface area contributed by atoms with Gasteiger partial charge in [-0.05, 0) is 56.0 Å². The van der Waals surface area contributed by atoms with Crippen molar-refractivity contribution in [2.24, 2.45) is 5.73 Å². The molecular weight excluding hydrogens is 328 g/mol. The molecule has 5 heteroatoms. The normalized spacial score (nSPS) is 11.7. The van der Waals surface area contributed by atoms with Gasteiger partial charge in [0, 0.05) is 11.7 Å². The van der Waals surface area contributed by atoms with Crippen LogP contribution in [0.15, 0.2) is 42.5 Å². The molecule has 26 heavy (non-hydrogen) atoms. The van der Waals surface area contributed by atoms with Gasteiger partial charge in [0.1, 0.15) is 0 Å². The Labute approximate surface area is 155 Å². The molecule has 3 N–H and O–H groups in total. The molecule has 2 aromatic rings. The molecule has 1 atom stereocenters. The Bertz CT molecular complexity index is 731. The molecule has 0 spiro atoms. The van der Waals surface area contributed by atoms with Crippen LogP contribution in [0.25, 0.3) is 0 Å². The van der Waals surface area contributed by atoms with Crippen LogP contribution in [0.5, 0.6) is 11.5 Å². The van der Waals surface area contributed by atoms with E-state index >= 15 is 0 Å². The first-order valence-electron chi connectivity index (χ1n) is 9.03. The molecule has 2 aromatic carbocycles. The first-order valence-corrected chi connectivity index (χ1v) is 9.03. The van der Waals surface area contributed by atoms with E-state index in [9.17, 15) is 4.79 Å². The summed E-state index contributed by atoms with van der Waals surface area (Å²) < 4.78 is 11.3. The predicted molar refractivity (Wildman–Crippen MR) is 105 cm³/mol. The topological polar surface area (TPSA) is 73.6 Å². The zero-order chi connectivity index (χ0) is 18.9. The number of ether oxygens (including phenoxy) is 2. The molecule has 0 aliphatic carbocycles. The number of nitrogens with one attached hydrogen (secondary N) is 1. The number of hydrogen-bond donors (Lipinski definition) is 2. The van der Waals surface area contributed by atoms with Crippen molar-refractivity contribution < 1.29 is 14.3 Å². The maximum Gasteiger partial charge on any atom is 0.262 e. The highest BCUT2D eigenvalue weighted by Gasteiger charge is 2.11. The average molecular weight is 356 g/mol. The van der Waals surface area contributed by atoms with Gasteiger partial charge in [0.15, 0.2) is 18.1 Å². The fraction of sp³-hybridized carbons (Fsp3) is 0.381. The zero-order valence-corrected chi connectivity index (χ0v) is 15.7. The number of benzene rings is 2. The smallest absolute Gasteiger partial charge is 0.262 e. The third-order valence-corrected chi connectivity index (χ3v) is 4.11. The number of carbonyl (C=O) groups is 1. The van der Waals surface area contributed by atoms with Crippen LogP contribution in [0.3, 0.4) is 0 Å². The minimum atomic E-state index is -0.209. The molecule has 0 aliphatic heterocycles. The maximum absolute atomic E-state index is 12.2. The van der Waals surface area contributed by atoms with Gasteiger partial charge in [0.05, 0.1) is 6.61 Å². The molecule has 0 aliphatic rings. The fourth-order valence-corrected chi connectivity index (χ4v) is 2.56. The van der Waals surface area contributed by atoms with Gasteiger partial charge in [-0.1, -0.05) is 31.2 Å². The summed E-state index contributed by atoms with van der Waals surface area (Å²) in [4.78, 5) is 12.2. The van der Waals surface area contributed by atoms with Crippen LogP contribution in [0.2, 0.25) is 0 Å². The second kappa shape index (κ2) is 9.82. The summed E-state index contributed by atoms with van der Waals surface area (Å²) in [7, 11) is 0. The molecule has 140 valence electrons. The number of carbonyl (C=O) groups excluding carboxylic acids is 1. The fourth-order valence-electron chi connectivity index (χ4n) is 2.56. The molecule has 0 bridgehead atoms. The molecule has 1 amide bonds. The van der Waals surface area contributed by atoms with Crippen molar-refractivity contribution >= 4 is 11.6 Å². The molecule has 0 saturated carbocycles. The summed E-state index contributed by atoms with van der Waals surface area (Å²) in [5.74, 6) is 0.983. The van der Waals surface area contributed by atoms with Crippen molar-refractivity contribution in [2.45, 2.75) is 39.7 Å². The monoisotopic (exact) mass is 356 g/mol. The van der Waals surface area contributed by atoms with Gasteiger partial charge in [-0.2, -0.15) is 0 Å². The molecule has 0 saturated heterocycles. The van der Waals surface area contributed by atoms with E-state index in [0.717, 1.165) is 29.7 Å². The second-order valence-corrected chi connectivity index (χ2v) is 6.24. The second-order valence-electron chi connectivity index (χ2n) is 6.24. The first kappa shape index (κ1) is 19.8. The Morgan fingerprint density at radius 3 is 2.58 bits per heavy atom. The molecule has 0 fully saturated rings. The summed E-state index contributed by atoms with van der Waals surface area (Å²) >= 11 is 0. The number of aryl methyl sites for hydroxylation is 1. The third-order valence-electron chi connectivity index (χ3n) is 4.11. The summed E-state index contributed by atoms with van der Waals surface area (Å²) in [6.07, 6.45) is 1.70. The highest BCUT2D eigenvalue weighted by Crippen LogP contribution is 2.29. The van der Waals surface area contributed by atoms with Crippen molar-refractivity contribution in [3.8, 4) is 11.5 Å². The summed E-state index contributed by atoms with van der Waals surface area (Å²) in [5.41, 5.74) is 8.92. The van der Waals surface area contributed by atoms with Gasteiger partial charge in [0.2, 0.25) is 0 Å². The maximum atomic E-state index is 12.2. The van der Waals surface area contributed by atoms with Crippen LogP contribution in [0.1, 0.15) is 31.4 Å². The van der Waals surface area contributed by atoms with Crippen molar-refractivity contribution in [2.75, 3.05) is 18.5 Å². The molecule has 2 rings (SSSR count). The predicted octanol–water partition coefficient (Wildman–Crippen LogP) is 3.69. The van der Waals surface area contributed by atoms with E-state index in [1.807, 2.05) is 56.3 Å². The van der Waals surface area contributed by atoms with Crippen LogP contribution in [0, 0.1) is 6.92 Å². The van der Waals surface area contributed by atoms with E-state index in [0.29, 0.717) is 18.1 Å². The lowest BCUT2D eigenvalue weighted by Crippen LogP contribution is -2.22. The largest absolute Gasteiger partial charge is 0.490 e. The number of anilines is 1. The van der Waals surface area contributed by atoms with E-state index in [1.54, 1.807) is 0 Å². The van der Waals surface area contributed by atoms with E-state index in [-0.39, 0.29) is 18.6 Å². The number of amides is 1. The number of nitrogens with two attached hydrogens (primary N) is 1. The van der Waals surface area contributed by atoms with Gasteiger partial charge < -0.3 is 20.5 Å². The Hall–Kier alpha value is -2.53. The molecular formula is C21H28N2O3. The average Bonchev–Trinajstić information content (AvgIpc) is 2.63. The van der Waals surface area contributed by atoms with Crippen LogP contribution in [-0.4, -0.2) is 25.2 Å². The SMILES string of the molecule is CCOc1cc(CC(N)CC)ccc1OCC(=O)Nc1ccccc1C. The standard InChI is InChI=1S/C21H28N2O3/c1-4-17(22)12-16-10-11-19(20(13-16)25-5-2)26-14-21(24)23-18-9-7-6-8-15(18)3/h6-11,13,17H,4-5,12,14,22H2,1-3H3,(H,23,24).